The standard InChI is InChI=1S/C27H35N5O2/c33-21-9-7-20(8-10-21)32-25-24(16-29-27(30-25)28-15-18-4-5-18)22-11-6-19(14-23(22)26(32)34)17-31-12-2-1-3-13-31/h6,11,14,16,18,20-21,33H,1-5,7-10,12-13,15,17H2,(H,28,29,30)/t20-,21-. The number of likely N-dealkylation sites (tertiary alicyclic amines) is 1. The van der Waals surface area contributed by atoms with Crippen LogP contribution in [0.25, 0.3) is 21.8 Å². The van der Waals surface area contributed by atoms with Crippen LogP contribution in [0.2, 0.25) is 0 Å². The third kappa shape index (κ3) is 4.43. The predicted octanol–water partition coefficient (Wildman–Crippen LogP) is 4.23. The molecule has 0 radical (unpaired) electrons. The highest BCUT2D eigenvalue weighted by Gasteiger charge is 2.26. The quantitative estimate of drug-likeness (QED) is 0.535. The summed E-state index contributed by atoms with van der Waals surface area (Å²) < 4.78 is 1.91. The van der Waals surface area contributed by atoms with Gasteiger partial charge in [-0.15, -0.1) is 0 Å². The number of aliphatic hydroxyl groups excluding tert-OH is 1. The molecule has 6 rings (SSSR count). The van der Waals surface area contributed by atoms with E-state index >= 15 is 0 Å². The van der Waals surface area contributed by atoms with Crippen LogP contribution >= 0.6 is 0 Å². The lowest BCUT2D eigenvalue weighted by atomic mass is 9.92. The monoisotopic (exact) mass is 461 g/mol. The third-order valence-electron chi connectivity index (χ3n) is 7.95. The summed E-state index contributed by atoms with van der Waals surface area (Å²) in [5, 5.41) is 16.1. The average Bonchev–Trinajstić information content (AvgIpc) is 3.69. The fourth-order valence-electron chi connectivity index (χ4n) is 5.75. The SMILES string of the molecule is O=c1c2cc(CN3CCCCC3)ccc2c2cnc(NCC3CC3)nc2n1[C@H]1CC[C@H](O)CC1. The van der Waals surface area contributed by atoms with E-state index in [0.717, 1.165) is 79.6 Å². The van der Waals surface area contributed by atoms with E-state index in [1.165, 1.54) is 37.7 Å². The van der Waals surface area contributed by atoms with Gasteiger partial charge in [0.05, 0.1) is 6.10 Å². The van der Waals surface area contributed by atoms with E-state index in [2.05, 4.69) is 33.4 Å². The molecule has 0 spiro atoms. The summed E-state index contributed by atoms with van der Waals surface area (Å²) >= 11 is 0. The van der Waals surface area contributed by atoms with Crippen molar-refractivity contribution in [2.45, 2.75) is 76.5 Å². The van der Waals surface area contributed by atoms with E-state index in [0.29, 0.717) is 5.95 Å². The average molecular weight is 462 g/mol. The van der Waals surface area contributed by atoms with E-state index in [1.807, 2.05) is 10.8 Å². The van der Waals surface area contributed by atoms with Gasteiger partial charge in [0.25, 0.3) is 5.56 Å². The van der Waals surface area contributed by atoms with Crippen LogP contribution in [0, 0.1) is 5.92 Å². The van der Waals surface area contributed by atoms with Crippen molar-refractivity contribution in [3.63, 3.8) is 0 Å². The molecule has 1 aliphatic heterocycles. The lowest BCUT2D eigenvalue weighted by Crippen LogP contribution is -2.31. The summed E-state index contributed by atoms with van der Waals surface area (Å²) in [6.07, 6.45) is 11.0. The summed E-state index contributed by atoms with van der Waals surface area (Å²) in [6, 6.07) is 6.41. The number of hydrogen-bond donors (Lipinski definition) is 2. The van der Waals surface area contributed by atoms with Crippen LogP contribution in [0.15, 0.2) is 29.2 Å². The molecule has 0 atom stereocenters. The van der Waals surface area contributed by atoms with E-state index in [9.17, 15) is 9.90 Å². The zero-order valence-electron chi connectivity index (χ0n) is 19.9. The van der Waals surface area contributed by atoms with Crippen molar-refractivity contribution in [1.82, 2.24) is 19.4 Å². The summed E-state index contributed by atoms with van der Waals surface area (Å²) in [7, 11) is 0. The first kappa shape index (κ1) is 22.0. The number of nitrogens with one attached hydrogen (secondary N) is 1. The van der Waals surface area contributed by atoms with Crippen molar-refractivity contribution in [1.29, 1.82) is 0 Å². The van der Waals surface area contributed by atoms with Crippen molar-refractivity contribution in [3.8, 4) is 0 Å². The molecule has 0 unspecified atom stereocenters. The van der Waals surface area contributed by atoms with Gasteiger partial charge in [0.2, 0.25) is 5.95 Å². The van der Waals surface area contributed by atoms with Crippen molar-refractivity contribution in [2.75, 3.05) is 25.0 Å². The molecular formula is C27H35N5O2. The number of hydrogen-bond acceptors (Lipinski definition) is 6. The molecule has 1 saturated heterocycles. The summed E-state index contributed by atoms with van der Waals surface area (Å²) in [5.41, 5.74) is 1.95. The van der Waals surface area contributed by atoms with Crippen LogP contribution in [0.3, 0.4) is 0 Å². The Kier molecular flexibility index (Phi) is 5.99. The number of benzene rings is 1. The fourth-order valence-corrected chi connectivity index (χ4v) is 5.75. The minimum atomic E-state index is -0.264. The molecule has 0 amide bonds. The molecule has 2 aromatic heterocycles. The Balaban J connectivity index is 1.44. The molecule has 3 heterocycles. The largest absolute Gasteiger partial charge is 0.393 e. The molecule has 0 bridgehead atoms. The Bertz CT molecular complexity index is 1240. The Labute approximate surface area is 200 Å². The summed E-state index contributed by atoms with van der Waals surface area (Å²) in [6.45, 7) is 4.05. The molecule has 1 aromatic carbocycles. The van der Waals surface area contributed by atoms with E-state index in [1.54, 1.807) is 0 Å². The zero-order chi connectivity index (χ0) is 23.1. The van der Waals surface area contributed by atoms with Crippen molar-refractivity contribution in [3.05, 3.63) is 40.3 Å². The van der Waals surface area contributed by atoms with Gasteiger partial charge in [-0.2, -0.15) is 4.98 Å². The maximum absolute atomic E-state index is 14.0. The minimum absolute atomic E-state index is 0.0382. The zero-order valence-corrected chi connectivity index (χ0v) is 19.9. The highest BCUT2D eigenvalue weighted by Crippen LogP contribution is 2.33. The van der Waals surface area contributed by atoms with E-state index in [4.69, 9.17) is 4.98 Å². The second-order valence-corrected chi connectivity index (χ2v) is 10.6. The van der Waals surface area contributed by atoms with Crippen LogP contribution < -0.4 is 10.9 Å². The first-order chi connectivity index (χ1) is 16.7. The number of aromatic nitrogens is 3. The third-order valence-corrected chi connectivity index (χ3v) is 7.95. The summed E-state index contributed by atoms with van der Waals surface area (Å²) in [5.74, 6) is 1.32. The molecule has 2 aliphatic carbocycles. The van der Waals surface area contributed by atoms with Crippen LogP contribution in [0.4, 0.5) is 5.95 Å². The van der Waals surface area contributed by atoms with Crippen molar-refractivity contribution >= 4 is 27.8 Å². The van der Waals surface area contributed by atoms with E-state index in [-0.39, 0.29) is 17.7 Å². The predicted molar refractivity (Wildman–Crippen MR) is 135 cm³/mol. The van der Waals surface area contributed by atoms with Crippen LogP contribution in [-0.4, -0.2) is 50.3 Å². The van der Waals surface area contributed by atoms with Crippen LogP contribution in [-0.2, 0) is 6.54 Å². The maximum atomic E-state index is 14.0. The highest BCUT2D eigenvalue weighted by atomic mass is 16.3. The normalized spacial score (nSPS) is 24.0. The van der Waals surface area contributed by atoms with Gasteiger partial charge in [-0.1, -0.05) is 18.6 Å². The first-order valence-corrected chi connectivity index (χ1v) is 13.1. The molecule has 3 aliphatic rings. The number of fused-ring (bicyclic) bond motifs is 3. The summed E-state index contributed by atoms with van der Waals surface area (Å²) in [4.78, 5) is 25.9. The highest BCUT2D eigenvalue weighted by molar-refractivity contribution is 6.04. The minimum Gasteiger partial charge on any atom is -0.393 e. The maximum Gasteiger partial charge on any atom is 0.260 e. The lowest BCUT2D eigenvalue weighted by molar-refractivity contribution is 0.111. The number of rotatable bonds is 6. The molecule has 3 aromatic rings. The Morgan fingerprint density at radius 2 is 1.76 bits per heavy atom. The van der Waals surface area contributed by atoms with Gasteiger partial charge in [-0.3, -0.25) is 14.3 Å². The van der Waals surface area contributed by atoms with Crippen molar-refractivity contribution in [2.24, 2.45) is 5.92 Å². The van der Waals surface area contributed by atoms with Gasteiger partial charge in [0.15, 0.2) is 0 Å². The van der Waals surface area contributed by atoms with E-state index < -0.39 is 0 Å². The van der Waals surface area contributed by atoms with Crippen molar-refractivity contribution < 1.29 is 5.11 Å². The number of pyridine rings is 1. The molecule has 34 heavy (non-hydrogen) atoms. The van der Waals surface area contributed by atoms with Gasteiger partial charge in [0.1, 0.15) is 5.65 Å². The first-order valence-electron chi connectivity index (χ1n) is 13.1. The second-order valence-electron chi connectivity index (χ2n) is 10.6. The van der Waals surface area contributed by atoms with Crippen LogP contribution in [0.1, 0.15) is 69.4 Å². The molecule has 2 N–H and O–H groups in total. The Morgan fingerprint density at radius 1 is 0.971 bits per heavy atom. The van der Waals surface area contributed by atoms with Gasteiger partial charge >= 0.3 is 0 Å². The number of anilines is 1. The Hall–Kier alpha value is -2.51. The molecule has 2 saturated carbocycles. The smallest absolute Gasteiger partial charge is 0.260 e. The molecule has 180 valence electrons. The van der Waals surface area contributed by atoms with Crippen LogP contribution in [0.5, 0.6) is 0 Å². The van der Waals surface area contributed by atoms with Gasteiger partial charge in [-0.25, -0.2) is 4.98 Å². The number of piperidine rings is 1. The molecular weight excluding hydrogens is 426 g/mol. The fraction of sp³-hybridized carbons (Fsp3) is 0.593. The number of aliphatic hydroxyl groups is 1. The Morgan fingerprint density at radius 3 is 2.53 bits per heavy atom. The topological polar surface area (TPSA) is 83.3 Å². The van der Waals surface area contributed by atoms with Gasteiger partial charge in [-0.05, 0) is 87.4 Å². The molecule has 3 fully saturated rings. The van der Waals surface area contributed by atoms with Gasteiger partial charge in [0, 0.05) is 36.1 Å². The van der Waals surface area contributed by atoms with Gasteiger partial charge < -0.3 is 10.4 Å². The molecule has 7 heteroatoms. The lowest BCUT2D eigenvalue weighted by Gasteiger charge is -2.28. The second kappa shape index (κ2) is 9.27. The molecule has 7 nitrogen and oxygen atoms in total. The number of nitrogens with zero attached hydrogens (tertiary/aromatic N) is 4.